The van der Waals surface area contributed by atoms with E-state index >= 15 is 0 Å². The fourth-order valence-electron chi connectivity index (χ4n) is 4.17. The summed E-state index contributed by atoms with van der Waals surface area (Å²) in [5.41, 5.74) is 4.57. The molecule has 0 radical (unpaired) electrons. The highest BCUT2D eigenvalue weighted by molar-refractivity contribution is 6.04. The average Bonchev–Trinajstić information content (AvgIpc) is 3.46. The molecule has 1 aliphatic heterocycles. The number of hydrogen-bond donors (Lipinski definition) is 1. The number of aromatic nitrogens is 4. The average molecular weight is 456 g/mol. The third kappa shape index (κ3) is 4.28. The summed E-state index contributed by atoms with van der Waals surface area (Å²) in [7, 11) is 2.06. The van der Waals surface area contributed by atoms with Crippen molar-refractivity contribution in [1.29, 1.82) is 5.26 Å². The first-order valence-corrected chi connectivity index (χ1v) is 11.3. The van der Waals surface area contributed by atoms with Crippen molar-refractivity contribution in [3.63, 3.8) is 0 Å². The number of nitrogens with one attached hydrogen (secondary N) is 1. The van der Waals surface area contributed by atoms with E-state index in [1.54, 1.807) is 10.6 Å². The van der Waals surface area contributed by atoms with Gasteiger partial charge in [0, 0.05) is 37.0 Å². The fourth-order valence-corrected chi connectivity index (χ4v) is 4.17. The van der Waals surface area contributed by atoms with Crippen LogP contribution in [0.15, 0.2) is 47.2 Å². The van der Waals surface area contributed by atoms with Crippen molar-refractivity contribution in [2.24, 2.45) is 0 Å². The molecule has 0 bridgehead atoms. The minimum atomic E-state index is -0.256. The molecule has 0 aliphatic carbocycles. The van der Waals surface area contributed by atoms with Gasteiger partial charge in [0.05, 0.1) is 18.2 Å². The van der Waals surface area contributed by atoms with Crippen molar-refractivity contribution in [3.8, 4) is 17.5 Å². The van der Waals surface area contributed by atoms with E-state index in [1.807, 2.05) is 43.5 Å². The monoisotopic (exact) mass is 455 g/mol. The van der Waals surface area contributed by atoms with Crippen LogP contribution in [-0.2, 0) is 6.42 Å². The second-order valence-electron chi connectivity index (χ2n) is 8.78. The van der Waals surface area contributed by atoms with Crippen molar-refractivity contribution >= 4 is 17.2 Å². The smallest absolute Gasteiger partial charge is 0.274 e. The van der Waals surface area contributed by atoms with Gasteiger partial charge in [-0.3, -0.25) is 9.20 Å². The van der Waals surface area contributed by atoms with E-state index in [0.29, 0.717) is 35.2 Å². The zero-order valence-corrected chi connectivity index (χ0v) is 19.2. The molecule has 9 heteroatoms. The van der Waals surface area contributed by atoms with Crippen molar-refractivity contribution in [2.45, 2.75) is 32.1 Å². The van der Waals surface area contributed by atoms with Crippen LogP contribution in [-0.4, -0.2) is 50.5 Å². The number of aryl methyl sites for hydroxylation is 2. The first-order chi connectivity index (χ1) is 16.5. The number of carbonyl (C=O) groups is 1. The largest absolute Gasteiger partial charge is 0.339 e. The zero-order chi connectivity index (χ0) is 23.7. The quantitative estimate of drug-likeness (QED) is 0.422. The van der Waals surface area contributed by atoms with Gasteiger partial charge in [0.1, 0.15) is 11.3 Å². The molecule has 0 saturated carbocycles. The summed E-state index contributed by atoms with van der Waals surface area (Å²) in [6, 6.07) is 11.8. The van der Waals surface area contributed by atoms with E-state index in [2.05, 4.69) is 38.5 Å². The zero-order valence-electron chi connectivity index (χ0n) is 19.2. The summed E-state index contributed by atoms with van der Waals surface area (Å²) in [5.74, 6) is 1.18. The summed E-state index contributed by atoms with van der Waals surface area (Å²) in [5, 5.41) is 15.9. The normalized spacial score (nSPS) is 14.1. The van der Waals surface area contributed by atoms with Gasteiger partial charge in [-0.15, -0.1) is 0 Å². The highest BCUT2D eigenvalue weighted by atomic mass is 16.5. The first-order valence-electron chi connectivity index (χ1n) is 11.3. The topological polar surface area (TPSA) is 112 Å². The molecule has 1 aromatic carbocycles. The number of amides is 1. The summed E-state index contributed by atoms with van der Waals surface area (Å²) in [6.45, 7) is 3.76. The molecule has 1 N–H and O–H groups in total. The predicted molar refractivity (Wildman–Crippen MR) is 126 cm³/mol. The van der Waals surface area contributed by atoms with Crippen LogP contribution in [0.2, 0.25) is 0 Å². The Morgan fingerprint density at radius 2 is 2.15 bits per heavy atom. The van der Waals surface area contributed by atoms with Gasteiger partial charge in [-0.1, -0.05) is 23.4 Å². The van der Waals surface area contributed by atoms with Crippen molar-refractivity contribution in [1.82, 2.24) is 24.4 Å². The van der Waals surface area contributed by atoms with Crippen molar-refractivity contribution in [3.05, 3.63) is 65.4 Å². The third-order valence-electron chi connectivity index (χ3n) is 6.15. The highest BCUT2D eigenvalue weighted by Crippen LogP contribution is 2.28. The maximum absolute atomic E-state index is 13.2. The van der Waals surface area contributed by atoms with E-state index in [1.165, 1.54) is 0 Å². The molecule has 172 valence electrons. The Kier molecular flexibility index (Phi) is 5.82. The molecule has 1 fully saturated rings. The van der Waals surface area contributed by atoms with Gasteiger partial charge in [-0.2, -0.15) is 10.2 Å². The number of carbonyl (C=O) groups excluding carboxylic acids is 1. The molecule has 0 spiro atoms. The molecule has 3 aromatic heterocycles. The molecular formula is C25H25N7O2. The van der Waals surface area contributed by atoms with Crippen LogP contribution < -0.4 is 5.32 Å². The van der Waals surface area contributed by atoms with Gasteiger partial charge in [-0.25, -0.2) is 4.98 Å². The van der Waals surface area contributed by atoms with Gasteiger partial charge in [0.2, 0.25) is 11.7 Å². The molecule has 5 rings (SSSR count). The number of likely N-dealkylation sites (N-methyl/N-ethyl adjacent to an activating group) is 1. The lowest BCUT2D eigenvalue weighted by atomic mass is 10.0. The molecular weight excluding hydrogens is 430 g/mol. The van der Waals surface area contributed by atoms with Crippen LogP contribution in [0.4, 0.5) is 5.69 Å². The molecule has 9 nitrogen and oxygen atoms in total. The number of pyridine rings is 1. The van der Waals surface area contributed by atoms with Crippen LogP contribution in [0.25, 0.3) is 17.0 Å². The fraction of sp³-hybridized carbons (Fsp3) is 0.320. The Hall–Kier alpha value is -4.03. The van der Waals surface area contributed by atoms with Gasteiger partial charge < -0.3 is 14.7 Å². The summed E-state index contributed by atoms with van der Waals surface area (Å²) in [4.78, 5) is 24.3. The Balaban J connectivity index is 1.36. The van der Waals surface area contributed by atoms with E-state index < -0.39 is 0 Å². The molecule has 0 unspecified atom stereocenters. The summed E-state index contributed by atoms with van der Waals surface area (Å²) in [6.07, 6.45) is 5.54. The van der Waals surface area contributed by atoms with Crippen LogP contribution in [0.3, 0.4) is 0 Å². The number of unbranched alkanes of at least 4 members (excludes halogenated alkanes) is 1. The molecule has 1 aliphatic rings. The number of rotatable bonds is 7. The minimum Gasteiger partial charge on any atom is -0.339 e. The number of likely N-dealkylation sites (tertiary alicyclic amines) is 1. The minimum absolute atomic E-state index is 0.256. The van der Waals surface area contributed by atoms with E-state index in [4.69, 9.17) is 9.78 Å². The predicted octanol–water partition coefficient (Wildman–Crippen LogP) is 3.82. The molecule has 1 saturated heterocycles. The number of benzene rings is 1. The first kappa shape index (κ1) is 21.8. The maximum atomic E-state index is 13.2. The third-order valence-corrected chi connectivity index (χ3v) is 6.15. The van der Waals surface area contributed by atoms with Crippen LogP contribution in [0.1, 0.15) is 46.3 Å². The van der Waals surface area contributed by atoms with Crippen molar-refractivity contribution in [2.75, 3.05) is 25.5 Å². The van der Waals surface area contributed by atoms with Crippen molar-refractivity contribution < 1.29 is 9.32 Å². The van der Waals surface area contributed by atoms with E-state index in [-0.39, 0.29) is 11.8 Å². The Labute approximate surface area is 197 Å². The van der Waals surface area contributed by atoms with Gasteiger partial charge >= 0.3 is 0 Å². The number of nitrogens with zero attached hydrogens (tertiary/aromatic N) is 6. The van der Waals surface area contributed by atoms with Crippen LogP contribution in [0, 0.1) is 18.3 Å². The maximum Gasteiger partial charge on any atom is 0.274 e. The van der Waals surface area contributed by atoms with E-state index in [9.17, 15) is 4.79 Å². The standard InChI is InChI=1S/C25H25N7O2/c1-16-6-8-18(23-29-25(34-30-23)19-14-31(2)15-19)11-20(16)28-24(33)21-12-27-22-9-7-17(13-32(21)22)5-3-4-10-26/h6-9,11-13,19H,3-5,14-15H2,1-2H3,(H,28,33). The number of hydrogen-bond acceptors (Lipinski definition) is 7. The summed E-state index contributed by atoms with van der Waals surface area (Å²) < 4.78 is 7.26. The van der Waals surface area contributed by atoms with Crippen LogP contribution >= 0.6 is 0 Å². The molecule has 0 atom stereocenters. The Morgan fingerprint density at radius 3 is 2.94 bits per heavy atom. The molecule has 34 heavy (non-hydrogen) atoms. The Bertz CT molecular complexity index is 1390. The highest BCUT2D eigenvalue weighted by Gasteiger charge is 2.30. The molecule has 4 heterocycles. The molecule has 4 aromatic rings. The summed E-state index contributed by atoms with van der Waals surface area (Å²) >= 11 is 0. The number of nitriles is 1. The number of anilines is 1. The number of imidazole rings is 1. The second-order valence-corrected chi connectivity index (χ2v) is 8.78. The van der Waals surface area contributed by atoms with Gasteiger partial charge in [0.15, 0.2) is 0 Å². The number of fused-ring (bicyclic) bond motifs is 1. The van der Waals surface area contributed by atoms with Gasteiger partial charge in [0.25, 0.3) is 5.91 Å². The Morgan fingerprint density at radius 1 is 1.29 bits per heavy atom. The molecule has 1 amide bonds. The lowest BCUT2D eigenvalue weighted by Gasteiger charge is -2.33. The second kappa shape index (κ2) is 9.08. The lowest BCUT2D eigenvalue weighted by Crippen LogP contribution is -2.41. The van der Waals surface area contributed by atoms with Crippen LogP contribution in [0.5, 0.6) is 0 Å². The lowest BCUT2D eigenvalue weighted by molar-refractivity contribution is 0.102. The van der Waals surface area contributed by atoms with Gasteiger partial charge in [-0.05, 0) is 50.1 Å². The van der Waals surface area contributed by atoms with E-state index in [0.717, 1.165) is 42.6 Å². The SMILES string of the molecule is Cc1ccc(-c2noc(C3CN(C)C3)n2)cc1NC(=O)c1cnc2ccc(CCCC#N)cn12.